The van der Waals surface area contributed by atoms with E-state index in [1.54, 1.807) is 7.11 Å². The minimum atomic E-state index is -0.195. The second-order valence-corrected chi connectivity index (χ2v) is 8.16. The third-order valence-corrected chi connectivity index (χ3v) is 5.20. The van der Waals surface area contributed by atoms with Crippen LogP contribution < -0.4 is 15.8 Å². The van der Waals surface area contributed by atoms with E-state index in [0.29, 0.717) is 19.1 Å². The number of aliphatic imine (C=N–C) groups is 1. The van der Waals surface area contributed by atoms with Crippen molar-refractivity contribution in [3.63, 3.8) is 0 Å². The zero-order valence-electron chi connectivity index (χ0n) is 17.2. The molecule has 1 atom stereocenters. The van der Waals surface area contributed by atoms with Gasteiger partial charge in [-0.25, -0.2) is 0 Å². The number of nitrogens with zero attached hydrogens (tertiary/aromatic N) is 2. The molecule has 29 heavy (non-hydrogen) atoms. The zero-order valence-corrected chi connectivity index (χ0v) is 17.9. The summed E-state index contributed by atoms with van der Waals surface area (Å²) in [5, 5.41) is 3.86. The molecule has 0 bridgehead atoms. The lowest BCUT2D eigenvalue weighted by molar-refractivity contribution is -0.0966. The number of morpholine rings is 1. The maximum Gasteiger partial charge on any atom is 0.193 e. The van der Waals surface area contributed by atoms with Crippen LogP contribution in [0.15, 0.2) is 53.5 Å². The van der Waals surface area contributed by atoms with Gasteiger partial charge in [0.1, 0.15) is 5.75 Å². The van der Waals surface area contributed by atoms with Gasteiger partial charge in [-0.1, -0.05) is 23.7 Å². The molecule has 1 aliphatic heterocycles. The van der Waals surface area contributed by atoms with Crippen molar-refractivity contribution < 1.29 is 9.47 Å². The number of guanidine groups is 1. The zero-order chi connectivity index (χ0) is 20.9. The Balaban J connectivity index is 1.74. The van der Waals surface area contributed by atoms with Gasteiger partial charge in [-0.3, -0.25) is 9.89 Å². The molecule has 0 radical (unpaired) electrons. The summed E-state index contributed by atoms with van der Waals surface area (Å²) in [6, 6.07) is 15.6. The van der Waals surface area contributed by atoms with Gasteiger partial charge in [0, 0.05) is 23.8 Å². The number of rotatable bonds is 6. The largest absolute Gasteiger partial charge is 0.497 e. The molecule has 1 fully saturated rings. The number of halogens is 1. The van der Waals surface area contributed by atoms with Crippen LogP contribution in [-0.2, 0) is 4.74 Å². The van der Waals surface area contributed by atoms with Crippen molar-refractivity contribution in [3.8, 4) is 5.75 Å². The van der Waals surface area contributed by atoms with Crippen molar-refractivity contribution in [2.75, 3.05) is 38.7 Å². The van der Waals surface area contributed by atoms with Gasteiger partial charge in [0.2, 0.25) is 0 Å². The molecule has 7 heteroatoms. The molecule has 0 spiro atoms. The number of nitrogens with two attached hydrogens (primary N) is 1. The summed E-state index contributed by atoms with van der Waals surface area (Å²) in [5.41, 5.74) is 7.98. The highest BCUT2D eigenvalue weighted by Crippen LogP contribution is 2.28. The van der Waals surface area contributed by atoms with E-state index < -0.39 is 0 Å². The van der Waals surface area contributed by atoms with Crippen molar-refractivity contribution in [1.29, 1.82) is 0 Å². The van der Waals surface area contributed by atoms with Crippen LogP contribution in [0.2, 0.25) is 5.02 Å². The average molecular weight is 417 g/mol. The highest BCUT2D eigenvalue weighted by Gasteiger charge is 2.32. The first-order valence-electron chi connectivity index (χ1n) is 9.71. The van der Waals surface area contributed by atoms with Crippen molar-refractivity contribution in [2.24, 2.45) is 10.7 Å². The van der Waals surface area contributed by atoms with Crippen molar-refractivity contribution >= 4 is 23.2 Å². The number of methoxy groups -OCH3 is 1. The average Bonchev–Trinajstić information content (AvgIpc) is 2.69. The summed E-state index contributed by atoms with van der Waals surface area (Å²) < 4.78 is 11.1. The molecule has 0 aliphatic carbocycles. The van der Waals surface area contributed by atoms with E-state index in [0.717, 1.165) is 35.1 Å². The predicted octanol–water partition coefficient (Wildman–Crippen LogP) is 3.93. The topological polar surface area (TPSA) is 72.1 Å². The monoisotopic (exact) mass is 416 g/mol. The molecule has 6 nitrogen and oxygen atoms in total. The standard InChI is InChI=1S/C22H29ClN4O2/c1-22(2)15-27(12-13-29-22)20(16-4-6-17(23)7-5-16)14-25-21(24)26-18-8-10-19(28-3)11-9-18/h4-11,20H,12-15H2,1-3H3,(H3,24,25,26). The predicted molar refractivity (Wildman–Crippen MR) is 119 cm³/mol. The SMILES string of the molecule is COc1ccc(NC(N)=NCC(c2ccc(Cl)cc2)N2CCOC(C)(C)C2)cc1. The molecule has 0 aromatic heterocycles. The number of hydrogen-bond acceptors (Lipinski definition) is 4. The van der Waals surface area contributed by atoms with Crippen LogP contribution in [0.25, 0.3) is 0 Å². The lowest BCUT2D eigenvalue weighted by Gasteiger charge is -2.42. The van der Waals surface area contributed by atoms with E-state index in [1.165, 1.54) is 0 Å². The Morgan fingerprint density at radius 3 is 2.55 bits per heavy atom. The molecule has 2 aromatic carbocycles. The quantitative estimate of drug-likeness (QED) is 0.551. The fourth-order valence-corrected chi connectivity index (χ4v) is 3.61. The van der Waals surface area contributed by atoms with Gasteiger partial charge < -0.3 is 20.5 Å². The van der Waals surface area contributed by atoms with Crippen LogP contribution in [0.5, 0.6) is 5.75 Å². The smallest absolute Gasteiger partial charge is 0.193 e. The summed E-state index contributed by atoms with van der Waals surface area (Å²) in [7, 11) is 1.64. The third-order valence-electron chi connectivity index (χ3n) is 4.95. The van der Waals surface area contributed by atoms with Crippen LogP contribution >= 0.6 is 11.6 Å². The number of nitrogens with one attached hydrogen (secondary N) is 1. The number of anilines is 1. The fourth-order valence-electron chi connectivity index (χ4n) is 3.48. The maximum absolute atomic E-state index is 6.15. The van der Waals surface area contributed by atoms with Crippen molar-refractivity contribution in [1.82, 2.24) is 4.90 Å². The van der Waals surface area contributed by atoms with E-state index in [1.807, 2.05) is 36.4 Å². The Hall–Kier alpha value is -2.28. The van der Waals surface area contributed by atoms with E-state index >= 15 is 0 Å². The van der Waals surface area contributed by atoms with E-state index in [-0.39, 0.29) is 11.6 Å². The van der Waals surface area contributed by atoms with Crippen LogP contribution in [0, 0.1) is 0 Å². The van der Waals surface area contributed by atoms with E-state index in [9.17, 15) is 0 Å². The Bertz CT molecular complexity index is 822. The van der Waals surface area contributed by atoms with Gasteiger partial charge in [0.05, 0.1) is 31.9 Å². The molecule has 156 valence electrons. The van der Waals surface area contributed by atoms with Gasteiger partial charge in [-0.05, 0) is 55.8 Å². The molecule has 1 saturated heterocycles. The van der Waals surface area contributed by atoms with Gasteiger partial charge in [-0.15, -0.1) is 0 Å². The minimum Gasteiger partial charge on any atom is -0.497 e. The molecular formula is C22H29ClN4O2. The van der Waals surface area contributed by atoms with Crippen molar-refractivity contribution in [2.45, 2.75) is 25.5 Å². The van der Waals surface area contributed by atoms with Crippen molar-refractivity contribution in [3.05, 3.63) is 59.1 Å². The molecule has 3 N–H and O–H groups in total. The van der Waals surface area contributed by atoms with Crippen LogP contribution in [-0.4, -0.2) is 49.8 Å². The Morgan fingerprint density at radius 1 is 1.24 bits per heavy atom. The van der Waals surface area contributed by atoms with Gasteiger partial charge in [-0.2, -0.15) is 0 Å². The van der Waals surface area contributed by atoms with E-state index in [2.05, 4.69) is 41.2 Å². The lowest BCUT2D eigenvalue weighted by atomic mass is 10.0. The third kappa shape index (κ3) is 6.10. The molecular weight excluding hydrogens is 388 g/mol. The van der Waals surface area contributed by atoms with Gasteiger partial charge >= 0.3 is 0 Å². The Kier molecular flexibility index (Phi) is 7.00. The van der Waals surface area contributed by atoms with Crippen LogP contribution in [0.3, 0.4) is 0 Å². The molecule has 1 aliphatic rings. The molecule has 0 saturated carbocycles. The molecule has 1 heterocycles. The summed E-state index contributed by atoms with van der Waals surface area (Å²) in [6.07, 6.45) is 0. The Morgan fingerprint density at radius 2 is 1.93 bits per heavy atom. The first-order chi connectivity index (χ1) is 13.9. The summed E-state index contributed by atoms with van der Waals surface area (Å²) in [6.45, 7) is 7.12. The molecule has 2 aromatic rings. The summed E-state index contributed by atoms with van der Waals surface area (Å²) in [4.78, 5) is 7.02. The molecule has 3 rings (SSSR count). The second-order valence-electron chi connectivity index (χ2n) is 7.73. The highest BCUT2D eigenvalue weighted by molar-refractivity contribution is 6.30. The first kappa shape index (κ1) is 21.4. The summed E-state index contributed by atoms with van der Waals surface area (Å²) >= 11 is 6.09. The van der Waals surface area contributed by atoms with Crippen LogP contribution in [0.1, 0.15) is 25.5 Å². The van der Waals surface area contributed by atoms with Crippen LogP contribution in [0.4, 0.5) is 5.69 Å². The minimum absolute atomic E-state index is 0.0895. The van der Waals surface area contributed by atoms with Gasteiger partial charge in [0.15, 0.2) is 5.96 Å². The van der Waals surface area contributed by atoms with E-state index in [4.69, 9.17) is 26.8 Å². The molecule has 1 unspecified atom stereocenters. The normalized spacial score (nSPS) is 18.3. The highest BCUT2D eigenvalue weighted by atomic mass is 35.5. The molecule has 0 amide bonds. The Labute approximate surface area is 177 Å². The number of ether oxygens (including phenoxy) is 2. The number of hydrogen-bond donors (Lipinski definition) is 2. The fraction of sp³-hybridized carbons (Fsp3) is 0.409. The first-order valence-corrected chi connectivity index (χ1v) is 10.1. The lowest BCUT2D eigenvalue weighted by Crippen LogP contribution is -2.50. The second kappa shape index (κ2) is 9.48. The summed E-state index contributed by atoms with van der Waals surface area (Å²) in [5.74, 6) is 1.17. The maximum atomic E-state index is 6.15. The number of benzene rings is 2. The van der Waals surface area contributed by atoms with Gasteiger partial charge in [0.25, 0.3) is 0 Å².